The largest absolute Gasteiger partial charge is 0.465 e. The molecular formula is C27H29FN2O5S. The molecule has 0 saturated carbocycles. The van der Waals surface area contributed by atoms with E-state index in [1.807, 2.05) is 25.3 Å². The van der Waals surface area contributed by atoms with Gasteiger partial charge in [-0.15, -0.1) is 0 Å². The maximum atomic E-state index is 13.4. The molecule has 1 aromatic carbocycles. The first-order valence-corrected chi connectivity index (χ1v) is 13.3. The normalized spacial score (nSPS) is 15.0. The van der Waals surface area contributed by atoms with Gasteiger partial charge in [0.1, 0.15) is 12.4 Å². The van der Waals surface area contributed by atoms with Crippen LogP contribution in [-0.2, 0) is 38.8 Å². The first-order valence-electron chi connectivity index (χ1n) is 11.8. The Kier molecular flexibility index (Phi) is 6.88. The van der Waals surface area contributed by atoms with Crippen LogP contribution in [0.5, 0.6) is 0 Å². The second-order valence-corrected chi connectivity index (χ2v) is 11.7. The van der Waals surface area contributed by atoms with Gasteiger partial charge in [-0.3, -0.25) is 9.59 Å². The number of rotatable bonds is 7. The van der Waals surface area contributed by atoms with Crippen LogP contribution in [0.1, 0.15) is 60.1 Å². The number of benzene rings is 1. The molecule has 1 aliphatic carbocycles. The van der Waals surface area contributed by atoms with E-state index in [1.165, 1.54) is 18.3 Å². The molecule has 2 heterocycles. The Morgan fingerprint density at radius 2 is 1.86 bits per heavy atom. The van der Waals surface area contributed by atoms with Crippen LogP contribution >= 0.6 is 0 Å². The van der Waals surface area contributed by atoms with Gasteiger partial charge in [-0.1, -0.05) is 19.9 Å². The number of hydrogen-bond donors (Lipinski definition) is 0. The first-order chi connectivity index (χ1) is 16.9. The number of aromatic nitrogens is 2. The molecule has 3 aromatic rings. The smallest absolute Gasteiger partial charge is 0.325 e. The van der Waals surface area contributed by atoms with Gasteiger partial charge in [-0.25, -0.2) is 17.8 Å². The van der Waals surface area contributed by atoms with Crippen molar-refractivity contribution in [2.24, 2.45) is 5.41 Å². The predicted octanol–water partition coefficient (Wildman–Crippen LogP) is 4.47. The molecule has 0 atom stereocenters. The van der Waals surface area contributed by atoms with Crippen LogP contribution in [0.15, 0.2) is 52.5 Å². The maximum absolute atomic E-state index is 13.4. The first kappa shape index (κ1) is 25.8. The van der Waals surface area contributed by atoms with E-state index in [0.717, 1.165) is 17.8 Å². The Morgan fingerprint density at radius 3 is 2.53 bits per heavy atom. The third-order valence-corrected chi connectivity index (χ3v) is 8.28. The summed E-state index contributed by atoms with van der Waals surface area (Å²) in [6, 6.07) is 7.89. The lowest BCUT2D eigenvalue weighted by atomic mass is 9.75. The Hall–Kier alpha value is -3.33. The number of ether oxygens (including phenoxy) is 1. The number of nitrogens with zero attached hydrogens (tertiary/aromatic N) is 2. The van der Waals surface area contributed by atoms with E-state index in [4.69, 9.17) is 4.74 Å². The van der Waals surface area contributed by atoms with Crippen LogP contribution in [0.2, 0.25) is 0 Å². The van der Waals surface area contributed by atoms with Crippen LogP contribution in [-0.4, -0.2) is 36.3 Å². The summed E-state index contributed by atoms with van der Waals surface area (Å²) in [5.74, 6) is -0.975. The summed E-state index contributed by atoms with van der Waals surface area (Å²) in [6.07, 6.45) is 2.48. The Labute approximate surface area is 210 Å². The number of hydrogen-bond acceptors (Lipinski definition) is 6. The average molecular weight is 513 g/mol. The summed E-state index contributed by atoms with van der Waals surface area (Å²) in [5, 5.41) is -0.147. The molecular weight excluding hydrogens is 483 g/mol. The molecule has 7 nitrogen and oxygen atoms in total. The zero-order valence-electron chi connectivity index (χ0n) is 20.8. The number of pyridine rings is 1. The fraction of sp³-hybridized carbons (Fsp3) is 0.370. The molecule has 36 heavy (non-hydrogen) atoms. The Balaban J connectivity index is 1.83. The lowest BCUT2D eigenvalue weighted by Crippen LogP contribution is -2.29. The number of sulfone groups is 1. The molecule has 4 rings (SSSR count). The number of esters is 1. The average Bonchev–Trinajstić information content (AvgIpc) is 3.04. The quantitative estimate of drug-likeness (QED) is 0.342. The minimum Gasteiger partial charge on any atom is -0.465 e. The summed E-state index contributed by atoms with van der Waals surface area (Å²) in [6.45, 7) is 7.81. The third-order valence-electron chi connectivity index (χ3n) is 6.51. The SMILES string of the molecule is CCOC(=O)Cn1c(C)c(Cc2cccnc2S(=O)(=O)c2ccc(F)cc2)c2c1CC(C)(C)CC2=O. The monoisotopic (exact) mass is 512 g/mol. The highest BCUT2D eigenvalue weighted by atomic mass is 32.2. The van der Waals surface area contributed by atoms with Crippen molar-refractivity contribution >= 4 is 21.6 Å². The van der Waals surface area contributed by atoms with Gasteiger partial charge < -0.3 is 9.30 Å². The third kappa shape index (κ3) is 4.84. The standard InChI is InChI=1S/C27H29FN2O5S/c1-5-35-24(32)16-30-17(2)21(25-22(30)14-27(3,4)15-23(25)31)13-18-7-6-12-29-26(18)36(33,34)20-10-8-19(28)9-11-20/h6-12H,5,13-16H2,1-4H3. The highest BCUT2D eigenvalue weighted by Crippen LogP contribution is 2.40. The second kappa shape index (κ2) is 9.61. The van der Waals surface area contributed by atoms with Gasteiger partial charge in [-0.2, -0.15) is 0 Å². The van der Waals surface area contributed by atoms with Crippen molar-refractivity contribution < 1.29 is 27.1 Å². The lowest BCUT2D eigenvalue weighted by Gasteiger charge is -2.30. The molecule has 0 saturated heterocycles. The molecule has 0 fully saturated rings. The van der Waals surface area contributed by atoms with Crippen molar-refractivity contribution in [1.82, 2.24) is 9.55 Å². The van der Waals surface area contributed by atoms with Crippen molar-refractivity contribution in [2.75, 3.05) is 6.61 Å². The van der Waals surface area contributed by atoms with Gasteiger partial charge >= 0.3 is 5.97 Å². The number of carbonyl (C=O) groups excluding carboxylic acids is 2. The van der Waals surface area contributed by atoms with E-state index < -0.39 is 21.6 Å². The lowest BCUT2D eigenvalue weighted by molar-refractivity contribution is -0.143. The molecule has 0 spiro atoms. The van der Waals surface area contributed by atoms with Gasteiger partial charge in [0.25, 0.3) is 0 Å². The molecule has 0 unspecified atom stereocenters. The van der Waals surface area contributed by atoms with Crippen molar-refractivity contribution in [3.8, 4) is 0 Å². The number of ketones is 1. The number of carbonyl (C=O) groups is 2. The van der Waals surface area contributed by atoms with E-state index in [9.17, 15) is 22.4 Å². The van der Waals surface area contributed by atoms with Crippen LogP contribution in [0, 0.1) is 18.2 Å². The summed E-state index contributed by atoms with van der Waals surface area (Å²) < 4.78 is 47.2. The van der Waals surface area contributed by atoms with Crippen LogP contribution in [0.25, 0.3) is 0 Å². The summed E-state index contributed by atoms with van der Waals surface area (Å²) in [7, 11) is -4.04. The fourth-order valence-electron chi connectivity index (χ4n) is 4.89. The van der Waals surface area contributed by atoms with E-state index in [2.05, 4.69) is 4.98 Å². The Morgan fingerprint density at radius 1 is 1.17 bits per heavy atom. The van der Waals surface area contributed by atoms with Crippen molar-refractivity contribution in [2.45, 2.75) is 63.4 Å². The van der Waals surface area contributed by atoms with Gasteiger partial charge in [0, 0.05) is 36.0 Å². The number of Topliss-reactive ketones (excluding diaryl/α,β-unsaturated/α-hetero) is 1. The number of fused-ring (bicyclic) bond motifs is 1. The van der Waals surface area contributed by atoms with Gasteiger partial charge in [0.2, 0.25) is 9.84 Å². The Bertz CT molecular complexity index is 1440. The van der Waals surface area contributed by atoms with Gasteiger partial charge in [0.05, 0.1) is 11.5 Å². The minimum absolute atomic E-state index is 0.0286. The highest BCUT2D eigenvalue weighted by Gasteiger charge is 2.37. The predicted molar refractivity (Wildman–Crippen MR) is 131 cm³/mol. The summed E-state index contributed by atoms with van der Waals surface area (Å²) >= 11 is 0. The zero-order valence-corrected chi connectivity index (χ0v) is 21.6. The van der Waals surface area contributed by atoms with Crippen LogP contribution < -0.4 is 0 Å². The van der Waals surface area contributed by atoms with Crippen LogP contribution in [0.3, 0.4) is 0 Å². The molecule has 2 aromatic heterocycles. The molecule has 0 N–H and O–H groups in total. The topological polar surface area (TPSA) is 95.3 Å². The molecule has 190 valence electrons. The maximum Gasteiger partial charge on any atom is 0.325 e. The minimum atomic E-state index is -4.04. The van der Waals surface area contributed by atoms with Gasteiger partial charge in [0.15, 0.2) is 10.8 Å². The van der Waals surface area contributed by atoms with Crippen molar-refractivity contribution in [3.05, 3.63) is 76.5 Å². The summed E-state index contributed by atoms with van der Waals surface area (Å²) in [4.78, 5) is 29.8. The van der Waals surface area contributed by atoms with Crippen LogP contribution in [0.4, 0.5) is 4.39 Å². The van der Waals surface area contributed by atoms with Crippen molar-refractivity contribution in [3.63, 3.8) is 0 Å². The molecule has 0 bridgehead atoms. The second-order valence-electron chi connectivity index (χ2n) is 9.82. The zero-order chi connectivity index (χ0) is 26.3. The van der Waals surface area contributed by atoms with E-state index in [1.54, 1.807) is 19.1 Å². The van der Waals surface area contributed by atoms with E-state index in [0.29, 0.717) is 35.2 Å². The van der Waals surface area contributed by atoms with Crippen molar-refractivity contribution in [1.29, 1.82) is 0 Å². The molecule has 9 heteroatoms. The molecule has 0 aliphatic heterocycles. The van der Waals surface area contributed by atoms with E-state index >= 15 is 0 Å². The molecule has 0 amide bonds. The van der Waals surface area contributed by atoms with E-state index in [-0.39, 0.29) is 40.7 Å². The highest BCUT2D eigenvalue weighted by molar-refractivity contribution is 7.91. The summed E-state index contributed by atoms with van der Waals surface area (Å²) in [5.41, 5.74) is 2.85. The van der Waals surface area contributed by atoms with Gasteiger partial charge in [-0.05, 0) is 67.1 Å². The fourth-order valence-corrected chi connectivity index (χ4v) is 6.29. The molecule has 1 aliphatic rings. The molecule has 0 radical (unpaired) electrons. The number of halogens is 1.